The van der Waals surface area contributed by atoms with Crippen LogP contribution in [0.4, 0.5) is 13.2 Å². The molecule has 0 unspecified atom stereocenters. The smallest absolute Gasteiger partial charge is 0.268 e. The number of carbonyl (C=O) groups excluding carboxylic acids is 2. The normalized spacial score (nSPS) is 17.5. The van der Waals surface area contributed by atoms with E-state index in [1.807, 2.05) is 0 Å². The summed E-state index contributed by atoms with van der Waals surface area (Å²) in [6.45, 7) is -0.795. The lowest BCUT2D eigenvalue weighted by Gasteiger charge is -2.19. The van der Waals surface area contributed by atoms with E-state index < -0.39 is 30.8 Å². The van der Waals surface area contributed by atoms with Crippen molar-refractivity contribution in [3.63, 3.8) is 0 Å². The number of benzene rings is 1. The Kier molecular flexibility index (Phi) is 6.50. The summed E-state index contributed by atoms with van der Waals surface area (Å²) >= 11 is 0. The molecule has 1 aromatic carbocycles. The molecule has 156 valence electrons. The van der Waals surface area contributed by atoms with Gasteiger partial charge in [0.2, 0.25) is 5.91 Å². The summed E-state index contributed by atoms with van der Waals surface area (Å²) in [5, 5.41) is 9.01. The van der Waals surface area contributed by atoms with Gasteiger partial charge in [0.05, 0.1) is 12.6 Å². The molecule has 1 aliphatic rings. The van der Waals surface area contributed by atoms with Gasteiger partial charge >= 0.3 is 0 Å². The molecule has 0 aliphatic carbocycles. The fraction of sp³-hybridized carbons (Fsp3) is 0.364. The first kappa shape index (κ1) is 21.5. The number of halogens is 3. The van der Waals surface area contributed by atoms with E-state index in [9.17, 15) is 22.8 Å². The summed E-state index contributed by atoms with van der Waals surface area (Å²) in [5.74, 6) is -4.33. The van der Waals surface area contributed by atoms with Crippen molar-refractivity contribution in [2.45, 2.75) is 44.1 Å². The molecule has 1 aliphatic heterocycles. The van der Waals surface area contributed by atoms with E-state index in [1.165, 1.54) is 18.3 Å². The molecule has 0 N–H and O–H groups in total. The van der Waals surface area contributed by atoms with Crippen LogP contribution in [-0.2, 0) is 17.6 Å². The Morgan fingerprint density at radius 2 is 1.90 bits per heavy atom. The minimum Gasteiger partial charge on any atom is -0.320 e. The zero-order valence-corrected chi connectivity index (χ0v) is 16.2. The number of amides is 1. The number of alkyl halides is 2. The third kappa shape index (κ3) is 5.23. The van der Waals surface area contributed by atoms with Gasteiger partial charge in [-0.2, -0.15) is 5.26 Å². The van der Waals surface area contributed by atoms with Crippen molar-refractivity contribution in [1.29, 1.82) is 5.26 Å². The highest BCUT2D eigenvalue weighted by Gasteiger charge is 2.47. The van der Waals surface area contributed by atoms with Crippen molar-refractivity contribution >= 4 is 11.7 Å². The monoisotopic (exact) mass is 415 g/mol. The Bertz CT molecular complexity index is 970. The molecule has 0 saturated carbocycles. The molecule has 0 radical (unpaired) electrons. The van der Waals surface area contributed by atoms with Crippen LogP contribution in [0.5, 0.6) is 0 Å². The molecule has 1 aromatic heterocycles. The first-order valence-electron chi connectivity index (χ1n) is 9.56. The molecule has 1 fully saturated rings. The number of aryl methyl sites for hydroxylation is 2. The molecule has 1 atom stereocenters. The standard InChI is InChI=1S/C22H20F3N3O2/c23-17-5-2-15(3-6-17)1-4-16-13-27-10-9-19(16)20(29)7-8-21(30)28-14-22(24,25)11-18(28)12-26/h2-3,5-6,9-10,13,18H,1,4,7-8,11,14H2/t18-/m0/s1. The van der Waals surface area contributed by atoms with Crippen LogP contribution >= 0.6 is 0 Å². The van der Waals surface area contributed by atoms with Crippen LogP contribution in [0.3, 0.4) is 0 Å². The number of hydrogen-bond acceptors (Lipinski definition) is 4. The lowest BCUT2D eigenvalue weighted by molar-refractivity contribution is -0.132. The number of pyridine rings is 1. The van der Waals surface area contributed by atoms with Gasteiger partial charge in [0.15, 0.2) is 5.78 Å². The average Bonchev–Trinajstić information content (AvgIpc) is 3.06. The number of nitrogens with zero attached hydrogens (tertiary/aromatic N) is 3. The second-order valence-corrected chi connectivity index (χ2v) is 7.31. The quantitative estimate of drug-likeness (QED) is 0.646. The van der Waals surface area contributed by atoms with Crippen molar-refractivity contribution in [2.24, 2.45) is 0 Å². The van der Waals surface area contributed by atoms with Crippen LogP contribution in [0.1, 0.15) is 40.7 Å². The average molecular weight is 415 g/mol. The molecule has 1 saturated heterocycles. The van der Waals surface area contributed by atoms with Gasteiger partial charge in [0, 0.05) is 37.2 Å². The van der Waals surface area contributed by atoms with E-state index in [-0.39, 0.29) is 24.4 Å². The van der Waals surface area contributed by atoms with Gasteiger partial charge in [-0.05, 0) is 42.2 Å². The summed E-state index contributed by atoms with van der Waals surface area (Å²) in [5.41, 5.74) is 2.02. The highest BCUT2D eigenvalue weighted by atomic mass is 19.3. The third-order valence-electron chi connectivity index (χ3n) is 5.11. The van der Waals surface area contributed by atoms with Gasteiger partial charge in [-0.1, -0.05) is 12.1 Å². The number of ketones is 1. The highest BCUT2D eigenvalue weighted by molar-refractivity contribution is 5.99. The van der Waals surface area contributed by atoms with E-state index in [0.29, 0.717) is 24.0 Å². The lowest BCUT2D eigenvalue weighted by Crippen LogP contribution is -2.36. The summed E-state index contributed by atoms with van der Waals surface area (Å²) in [7, 11) is 0. The Morgan fingerprint density at radius 1 is 1.17 bits per heavy atom. The topological polar surface area (TPSA) is 74.1 Å². The zero-order valence-electron chi connectivity index (χ0n) is 16.2. The molecule has 1 amide bonds. The molecule has 8 heteroatoms. The minimum absolute atomic E-state index is 0.146. The Labute approximate surface area is 172 Å². The van der Waals surface area contributed by atoms with Crippen molar-refractivity contribution in [3.05, 3.63) is 65.2 Å². The zero-order chi connectivity index (χ0) is 21.7. The van der Waals surface area contributed by atoms with Crippen molar-refractivity contribution in [1.82, 2.24) is 9.88 Å². The molecule has 5 nitrogen and oxygen atoms in total. The van der Waals surface area contributed by atoms with Gasteiger partial charge in [-0.3, -0.25) is 14.6 Å². The van der Waals surface area contributed by atoms with Gasteiger partial charge in [-0.15, -0.1) is 0 Å². The van der Waals surface area contributed by atoms with Gasteiger partial charge in [-0.25, -0.2) is 13.2 Å². The maximum Gasteiger partial charge on any atom is 0.268 e. The maximum absolute atomic E-state index is 13.5. The van der Waals surface area contributed by atoms with Crippen molar-refractivity contribution < 1.29 is 22.8 Å². The predicted octanol–water partition coefficient (Wildman–Crippen LogP) is 3.73. The Morgan fingerprint density at radius 3 is 2.60 bits per heavy atom. The molecule has 0 bridgehead atoms. The third-order valence-corrected chi connectivity index (χ3v) is 5.11. The minimum atomic E-state index is -3.08. The number of likely N-dealkylation sites (tertiary alicyclic amines) is 1. The first-order chi connectivity index (χ1) is 14.3. The van der Waals surface area contributed by atoms with Gasteiger partial charge < -0.3 is 4.90 Å². The molecular weight excluding hydrogens is 395 g/mol. The Balaban J connectivity index is 1.61. The van der Waals surface area contributed by atoms with E-state index >= 15 is 0 Å². The van der Waals surface area contributed by atoms with Crippen LogP contribution in [-0.4, -0.2) is 40.1 Å². The predicted molar refractivity (Wildman–Crippen MR) is 102 cm³/mol. The SMILES string of the molecule is N#C[C@@H]1CC(F)(F)CN1C(=O)CCC(=O)c1ccncc1CCc1ccc(F)cc1. The Hall–Kier alpha value is -3.21. The van der Waals surface area contributed by atoms with Gasteiger partial charge in [0.25, 0.3) is 5.92 Å². The van der Waals surface area contributed by atoms with E-state index in [4.69, 9.17) is 5.26 Å². The molecule has 30 heavy (non-hydrogen) atoms. The number of nitriles is 1. The van der Waals surface area contributed by atoms with Crippen LogP contribution in [0.15, 0.2) is 42.7 Å². The van der Waals surface area contributed by atoms with E-state index in [1.54, 1.807) is 30.5 Å². The second-order valence-electron chi connectivity index (χ2n) is 7.31. The molecule has 3 rings (SSSR count). The number of aromatic nitrogens is 1. The molecule has 2 heterocycles. The second kappa shape index (κ2) is 9.08. The van der Waals surface area contributed by atoms with Crippen molar-refractivity contribution in [2.75, 3.05) is 6.54 Å². The highest BCUT2D eigenvalue weighted by Crippen LogP contribution is 2.32. The van der Waals surface area contributed by atoms with Crippen molar-refractivity contribution in [3.8, 4) is 6.07 Å². The first-order valence-corrected chi connectivity index (χ1v) is 9.56. The van der Waals surface area contributed by atoms with E-state index in [2.05, 4.69) is 4.98 Å². The van der Waals surface area contributed by atoms with Crippen LogP contribution in [0.2, 0.25) is 0 Å². The number of carbonyl (C=O) groups is 2. The lowest BCUT2D eigenvalue weighted by atomic mass is 9.97. The summed E-state index contributed by atoms with van der Waals surface area (Å²) < 4.78 is 40.1. The number of rotatable bonds is 7. The fourth-order valence-corrected chi connectivity index (χ4v) is 3.52. The number of Topliss-reactive ketones (excluding diaryl/α,β-unsaturated/α-hetero) is 1. The maximum atomic E-state index is 13.5. The summed E-state index contributed by atoms with van der Waals surface area (Å²) in [4.78, 5) is 29.9. The summed E-state index contributed by atoms with van der Waals surface area (Å²) in [6.07, 6.45) is 3.07. The van der Waals surface area contributed by atoms with Crippen LogP contribution in [0.25, 0.3) is 0 Å². The number of hydrogen-bond donors (Lipinski definition) is 0. The molecular formula is C22H20F3N3O2. The molecule has 2 aromatic rings. The largest absolute Gasteiger partial charge is 0.320 e. The van der Waals surface area contributed by atoms with Crippen LogP contribution in [0, 0.1) is 17.1 Å². The van der Waals surface area contributed by atoms with E-state index in [0.717, 1.165) is 10.5 Å². The van der Waals surface area contributed by atoms with Gasteiger partial charge in [0.1, 0.15) is 11.9 Å². The summed E-state index contributed by atoms with van der Waals surface area (Å²) in [6, 6.07) is 8.19. The molecule has 0 spiro atoms. The van der Waals surface area contributed by atoms with Crippen LogP contribution < -0.4 is 0 Å². The fourth-order valence-electron chi connectivity index (χ4n) is 3.52.